The number of hydrogen-bond acceptors (Lipinski definition) is 7. The molecule has 2 saturated heterocycles. The predicted octanol–water partition coefficient (Wildman–Crippen LogP) is 4.56. The molecule has 0 saturated carbocycles. The Labute approximate surface area is 199 Å². The van der Waals surface area contributed by atoms with Gasteiger partial charge in [0.25, 0.3) is 5.69 Å². The largest absolute Gasteiger partial charge is 0.369 e. The standard InChI is InChI=1S/C23H31FN5O3S/c1-17-3-5-19(6-4-17)29(32,33)27-13-11-26(12-14-27)22-16-21(20(24)15-23(22)28(30)31)25-9-7-18(2)8-10-25/h3-6,15-16,18,32-33H,7-14H2,1-2H3/q+1. The van der Waals surface area contributed by atoms with Gasteiger partial charge >= 0.3 is 0 Å². The zero-order valence-corrected chi connectivity index (χ0v) is 19.9. The number of hydrogen-bond donors (Lipinski definition) is 2. The van der Waals surface area contributed by atoms with Crippen LogP contribution in [0.2, 0.25) is 0 Å². The second-order valence-electron chi connectivity index (χ2n) is 9.06. The highest BCUT2D eigenvalue weighted by atomic mass is 32.1. The smallest absolute Gasteiger partial charge is 0.295 e. The van der Waals surface area contributed by atoms with Crippen molar-refractivity contribution in [2.75, 3.05) is 49.1 Å². The zero-order chi connectivity index (χ0) is 23.8. The van der Waals surface area contributed by atoms with Gasteiger partial charge in [0.15, 0.2) is 11.5 Å². The Bertz CT molecular complexity index is 1000. The highest BCUT2D eigenvalue weighted by Crippen LogP contribution is 2.37. The number of halogens is 1. The van der Waals surface area contributed by atoms with Crippen LogP contribution in [0.25, 0.3) is 0 Å². The van der Waals surface area contributed by atoms with Crippen LogP contribution in [0.5, 0.6) is 0 Å². The van der Waals surface area contributed by atoms with Crippen molar-refractivity contribution in [3.8, 4) is 0 Å². The van der Waals surface area contributed by atoms with Gasteiger partial charge in [-0.15, -0.1) is 5.01 Å². The Kier molecular flexibility index (Phi) is 6.81. The summed E-state index contributed by atoms with van der Waals surface area (Å²) in [7, 11) is 0. The van der Waals surface area contributed by atoms with Gasteiger partial charge in [-0.05, 0) is 35.9 Å². The van der Waals surface area contributed by atoms with Crippen LogP contribution < -0.4 is 14.0 Å². The third-order valence-electron chi connectivity index (χ3n) is 6.74. The second-order valence-corrected chi connectivity index (χ2v) is 9.62. The molecule has 0 amide bonds. The summed E-state index contributed by atoms with van der Waals surface area (Å²) >= 11 is 4.47. The highest BCUT2D eigenvalue weighted by molar-refractivity contribution is 7.79. The average Bonchev–Trinajstić information content (AvgIpc) is 2.80. The normalized spacial score (nSPS) is 20.0. The van der Waals surface area contributed by atoms with Crippen LogP contribution >= 0.6 is 12.8 Å². The molecule has 2 aromatic rings. The minimum Gasteiger partial charge on any atom is -0.369 e. The summed E-state index contributed by atoms with van der Waals surface area (Å²) in [5.74, 6) is 0.0425. The molecule has 8 nitrogen and oxygen atoms in total. The summed E-state index contributed by atoms with van der Waals surface area (Å²) in [5.41, 5.74) is 2.31. The van der Waals surface area contributed by atoms with Gasteiger partial charge in [0.2, 0.25) is 0 Å². The number of aryl methyl sites for hydroxylation is 1. The molecule has 2 heterocycles. The maximum Gasteiger partial charge on any atom is 0.295 e. The molecule has 0 aliphatic carbocycles. The van der Waals surface area contributed by atoms with Gasteiger partial charge in [0, 0.05) is 38.3 Å². The fourth-order valence-corrected chi connectivity index (χ4v) is 4.87. The van der Waals surface area contributed by atoms with E-state index in [-0.39, 0.29) is 5.69 Å². The number of nitro benzene ring substituents is 1. The van der Waals surface area contributed by atoms with Gasteiger partial charge in [-0.3, -0.25) is 10.1 Å². The van der Waals surface area contributed by atoms with Crippen molar-refractivity contribution in [2.45, 2.75) is 26.7 Å². The molecule has 1 atom stereocenters. The van der Waals surface area contributed by atoms with Crippen molar-refractivity contribution in [1.29, 1.82) is 0 Å². The topological polar surface area (TPSA) is 73.1 Å². The van der Waals surface area contributed by atoms with Crippen molar-refractivity contribution >= 4 is 35.6 Å². The Morgan fingerprint density at radius 2 is 1.61 bits per heavy atom. The third-order valence-corrected chi connectivity index (χ3v) is 7.22. The Balaban J connectivity index is 1.55. The first kappa shape index (κ1) is 23.7. The zero-order valence-electron chi connectivity index (χ0n) is 19.0. The molecule has 2 aliphatic heterocycles. The molecule has 4 rings (SSSR count). The van der Waals surface area contributed by atoms with Crippen LogP contribution in [0.1, 0.15) is 25.3 Å². The Morgan fingerprint density at radius 1 is 1.03 bits per heavy atom. The van der Waals surface area contributed by atoms with Gasteiger partial charge in [0.1, 0.15) is 18.5 Å². The predicted molar refractivity (Wildman–Crippen MR) is 131 cm³/mol. The van der Waals surface area contributed by atoms with Crippen LogP contribution in [-0.2, 0) is 0 Å². The lowest BCUT2D eigenvalue weighted by Crippen LogP contribution is -2.60. The molecule has 0 radical (unpaired) electrons. The second kappa shape index (κ2) is 9.46. The van der Waals surface area contributed by atoms with Gasteiger partial charge in [-0.1, -0.05) is 24.6 Å². The molecule has 0 spiro atoms. The molecule has 2 aliphatic rings. The van der Waals surface area contributed by atoms with Crippen LogP contribution in [0.3, 0.4) is 0 Å². The van der Waals surface area contributed by atoms with Gasteiger partial charge < -0.3 is 9.80 Å². The van der Waals surface area contributed by atoms with E-state index in [1.807, 2.05) is 41.0 Å². The summed E-state index contributed by atoms with van der Waals surface area (Å²) in [4.78, 5) is 15.1. The lowest BCUT2D eigenvalue weighted by molar-refractivity contribution is -0.384. The van der Waals surface area contributed by atoms with Crippen LogP contribution in [-0.4, -0.2) is 54.4 Å². The molecule has 0 aromatic heterocycles. The van der Waals surface area contributed by atoms with E-state index in [9.17, 15) is 19.7 Å². The number of quaternary nitrogens is 1. The monoisotopic (exact) mass is 476 g/mol. The van der Waals surface area contributed by atoms with Crippen molar-refractivity contribution in [2.24, 2.45) is 5.92 Å². The van der Waals surface area contributed by atoms with Crippen LogP contribution in [0, 0.1) is 28.8 Å². The molecule has 2 fully saturated rings. The molecule has 33 heavy (non-hydrogen) atoms. The summed E-state index contributed by atoms with van der Waals surface area (Å²) in [6, 6.07) is 10.1. The van der Waals surface area contributed by atoms with Crippen molar-refractivity contribution < 1.29 is 14.5 Å². The van der Waals surface area contributed by atoms with E-state index < -0.39 is 14.9 Å². The van der Waals surface area contributed by atoms with E-state index in [0.29, 0.717) is 49.2 Å². The maximum atomic E-state index is 14.9. The molecule has 1 unspecified atom stereocenters. The maximum absolute atomic E-state index is 14.9. The molecular formula is C23H31FN5O3S+. The number of anilines is 2. The van der Waals surface area contributed by atoms with Crippen molar-refractivity contribution in [3.63, 3.8) is 0 Å². The number of piperazine rings is 1. The fourth-order valence-electron chi connectivity index (χ4n) is 4.56. The summed E-state index contributed by atoms with van der Waals surface area (Å²) < 4.78 is 14.2. The molecular weight excluding hydrogens is 445 g/mol. The number of nitro groups is 1. The van der Waals surface area contributed by atoms with Crippen molar-refractivity contribution in [3.05, 3.63) is 57.9 Å². The number of piperidine rings is 1. The lowest BCUT2D eigenvalue weighted by Gasteiger charge is -2.40. The molecule has 0 bridgehead atoms. The molecule has 178 valence electrons. The van der Waals surface area contributed by atoms with Gasteiger partial charge in [-0.25, -0.2) is 4.39 Å². The van der Waals surface area contributed by atoms with Gasteiger partial charge in [-0.2, -0.15) is 5.21 Å². The van der Waals surface area contributed by atoms with Crippen LogP contribution in [0.4, 0.5) is 27.1 Å². The number of nitrogens with zero attached hydrogens (tertiary/aromatic N) is 5. The minimum atomic E-state index is -0.684. The molecule has 1 N–H and O–H groups in total. The van der Waals surface area contributed by atoms with E-state index in [0.717, 1.165) is 37.6 Å². The van der Waals surface area contributed by atoms with E-state index in [2.05, 4.69) is 19.7 Å². The quantitative estimate of drug-likeness (QED) is 0.285. The molecule has 2 aromatic carbocycles. The van der Waals surface area contributed by atoms with Gasteiger partial charge in [0.05, 0.1) is 29.8 Å². The SMILES string of the molecule is Cc1ccc([N+](O)(S)N2CCN(c3cc(N4CCC(C)CC4)c(F)cc3[N+](=O)[O-])CC2)cc1. The Morgan fingerprint density at radius 3 is 2.18 bits per heavy atom. The summed E-state index contributed by atoms with van der Waals surface area (Å²) in [6.45, 7) is 7.38. The Hall–Kier alpha value is -2.40. The van der Waals surface area contributed by atoms with E-state index in [1.165, 1.54) is 0 Å². The first-order valence-corrected chi connectivity index (χ1v) is 11.7. The average molecular weight is 477 g/mol. The van der Waals surface area contributed by atoms with E-state index in [4.69, 9.17) is 0 Å². The minimum absolute atomic E-state index is 0.232. The first-order chi connectivity index (χ1) is 15.7. The number of benzene rings is 2. The summed E-state index contributed by atoms with van der Waals surface area (Å²) in [6.07, 6.45) is 1.95. The lowest BCUT2D eigenvalue weighted by atomic mass is 9.98. The van der Waals surface area contributed by atoms with E-state index in [1.54, 1.807) is 11.1 Å². The summed E-state index contributed by atoms with van der Waals surface area (Å²) in [5, 5.41) is 24.5. The number of thiol groups is 1. The fraction of sp³-hybridized carbons (Fsp3) is 0.478. The van der Waals surface area contributed by atoms with Crippen molar-refractivity contribution in [1.82, 2.24) is 9.17 Å². The highest BCUT2D eigenvalue weighted by Gasteiger charge is 2.38. The first-order valence-electron chi connectivity index (χ1n) is 11.3. The van der Waals surface area contributed by atoms with E-state index >= 15 is 0 Å². The third kappa shape index (κ3) is 4.93. The van der Waals surface area contributed by atoms with Crippen LogP contribution in [0.15, 0.2) is 36.4 Å². The molecule has 10 heteroatoms. The number of rotatable bonds is 5.